The first-order valence-electron chi connectivity index (χ1n) is 4.91. The molecule has 1 fully saturated rings. The molecule has 2 atom stereocenters. The molecule has 2 nitrogen and oxygen atoms in total. The van der Waals surface area contributed by atoms with Crippen LogP contribution in [0.3, 0.4) is 0 Å². The Morgan fingerprint density at radius 3 is 2.85 bits per heavy atom. The maximum Gasteiger partial charge on any atom is 0.0448 e. The SMILES string of the molecule is Cc1ccc(C2CNC(C)C2)nc1. The Labute approximate surface area is 79.4 Å². The van der Waals surface area contributed by atoms with Gasteiger partial charge in [-0.25, -0.2) is 0 Å². The standard InChI is InChI=1S/C11H16N2/c1-8-3-4-11(13-6-8)10-5-9(2)12-7-10/h3-4,6,9-10,12H,5,7H2,1-2H3. The summed E-state index contributed by atoms with van der Waals surface area (Å²) in [5.41, 5.74) is 2.48. The summed E-state index contributed by atoms with van der Waals surface area (Å²) < 4.78 is 0. The second-order valence-electron chi connectivity index (χ2n) is 4.00. The van der Waals surface area contributed by atoms with Gasteiger partial charge in [-0.2, -0.15) is 0 Å². The molecule has 0 bridgehead atoms. The van der Waals surface area contributed by atoms with Gasteiger partial charge in [0.05, 0.1) is 0 Å². The average Bonchev–Trinajstić information content (AvgIpc) is 2.53. The Bertz CT molecular complexity index is 279. The molecular weight excluding hydrogens is 160 g/mol. The Morgan fingerprint density at radius 1 is 1.46 bits per heavy atom. The first-order chi connectivity index (χ1) is 6.25. The zero-order valence-corrected chi connectivity index (χ0v) is 8.25. The normalized spacial score (nSPS) is 27.8. The highest BCUT2D eigenvalue weighted by atomic mass is 14.9. The molecule has 0 spiro atoms. The second kappa shape index (κ2) is 3.46. The van der Waals surface area contributed by atoms with Crippen molar-refractivity contribution < 1.29 is 0 Å². The van der Waals surface area contributed by atoms with Crippen molar-refractivity contribution in [3.05, 3.63) is 29.6 Å². The Balaban J connectivity index is 2.13. The maximum absolute atomic E-state index is 4.45. The van der Waals surface area contributed by atoms with Gasteiger partial charge in [-0.1, -0.05) is 6.07 Å². The lowest BCUT2D eigenvalue weighted by Gasteiger charge is -2.07. The van der Waals surface area contributed by atoms with Gasteiger partial charge in [-0.3, -0.25) is 4.98 Å². The summed E-state index contributed by atoms with van der Waals surface area (Å²) in [5.74, 6) is 0.621. The van der Waals surface area contributed by atoms with Crippen LogP contribution in [0, 0.1) is 6.92 Å². The van der Waals surface area contributed by atoms with Crippen LogP contribution in [0.5, 0.6) is 0 Å². The predicted molar refractivity (Wildman–Crippen MR) is 53.8 cm³/mol. The van der Waals surface area contributed by atoms with E-state index < -0.39 is 0 Å². The molecule has 2 heteroatoms. The van der Waals surface area contributed by atoms with Crippen LogP contribution in [0.15, 0.2) is 18.3 Å². The molecule has 0 amide bonds. The van der Waals surface area contributed by atoms with Crippen LogP contribution in [-0.2, 0) is 0 Å². The van der Waals surface area contributed by atoms with Crippen LogP contribution in [0.25, 0.3) is 0 Å². The molecule has 0 saturated carbocycles. The highest BCUT2D eigenvalue weighted by Gasteiger charge is 2.22. The fraction of sp³-hybridized carbons (Fsp3) is 0.545. The number of aryl methyl sites for hydroxylation is 1. The zero-order chi connectivity index (χ0) is 9.26. The molecule has 1 N–H and O–H groups in total. The summed E-state index contributed by atoms with van der Waals surface area (Å²) >= 11 is 0. The molecule has 2 unspecified atom stereocenters. The monoisotopic (exact) mass is 176 g/mol. The molecule has 1 aromatic heterocycles. The van der Waals surface area contributed by atoms with E-state index in [1.165, 1.54) is 17.7 Å². The predicted octanol–water partition coefficient (Wildman–Crippen LogP) is 1.86. The molecule has 1 saturated heterocycles. The average molecular weight is 176 g/mol. The minimum absolute atomic E-state index is 0.621. The van der Waals surface area contributed by atoms with Crippen LogP contribution in [0.2, 0.25) is 0 Å². The highest BCUT2D eigenvalue weighted by Crippen LogP contribution is 2.23. The molecular formula is C11H16N2. The largest absolute Gasteiger partial charge is 0.314 e. The Kier molecular flexibility index (Phi) is 2.32. The van der Waals surface area contributed by atoms with Gasteiger partial charge in [0.25, 0.3) is 0 Å². The topological polar surface area (TPSA) is 24.9 Å². The molecule has 70 valence electrons. The van der Waals surface area contributed by atoms with Crippen molar-refractivity contribution in [1.29, 1.82) is 0 Å². The molecule has 0 radical (unpaired) electrons. The second-order valence-corrected chi connectivity index (χ2v) is 4.00. The van der Waals surface area contributed by atoms with Crippen LogP contribution in [0.1, 0.15) is 30.5 Å². The third-order valence-electron chi connectivity index (χ3n) is 2.70. The summed E-state index contributed by atoms with van der Waals surface area (Å²) in [4.78, 5) is 4.45. The van der Waals surface area contributed by atoms with Crippen molar-refractivity contribution in [3.63, 3.8) is 0 Å². The van der Waals surface area contributed by atoms with Crippen LogP contribution < -0.4 is 5.32 Å². The van der Waals surface area contributed by atoms with E-state index in [1.807, 2.05) is 6.20 Å². The van der Waals surface area contributed by atoms with E-state index in [1.54, 1.807) is 0 Å². The number of hydrogen-bond donors (Lipinski definition) is 1. The summed E-state index contributed by atoms with van der Waals surface area (Å²) in [6.07, 6.45) is 3.17. The van der Waals surface area contributed by atoms with Crippen LogP contribution in [0.4, 0.5) is 0 Å². The maximum atomic E-state index is 4.45. The van der Waals surface area contributed by atoms with Crippen molar-refractivity contribution in [1.82, 2.24) is 10.3 Å². The quantitative estimate of drug-likeness (QED) is 0.706. The lowest BCUT2D eigenvalue weighted by Crippen LogP contribution is -2.16. The number of rotatable bonds is 1. The summed E-state index contributed by atoms with van der Waals surface area (Å²) in [5, 5.41) is 3.44. The van der Waals surface area contributed by atoms with E-state index in [2.05, 4.69) is 36.3 Å². The van der Waals surface area contributed by atoms with Gasteiger partial charge >= 0.3 is 0 Å². The molecule has 1 aromatic rings. The van der Waals surface area contributed by atoms with E-state index in [0.29, 0.717) is 12.0 Å². The van der Waals surface area contributed by atoms with E-state index in [-0.39, 0.29) is 0 Å². The van der Waals surface area contributed by atoms with Gasteiger partial charge in [-0.05, 0) is 31.9 Å². The Hall–Kier alpha value is -0.890. The molecule has 1 aliphatic heterocycles. The van der Waals surface area contributed by atoms with E-state index in [4.69, 9.17) is 0 Å². The van der Waals surface area contributed by atoms with Crippen molar-refractivity contribution >= 4 is 0 Å². The van der Waals surface area contributed by atoms with Crippen molar-refractivity contribution in [2.24, 2.45) is 0 Å². The van der Waals surface area contributed by atoms with Gasteiger partial charge in [0.1, 0.15) is 0 Å². The van der Waals surface area contributed by atoms with Gasteiger partial charge in [0.2, 0.25) is 0 Å². The van der Waals surface area contributed by atoms with Crippen molar-refractivity contribution in [3.8, 4) is 0 Å². The van der Waals surface area contributed by atoms with Gasteiger partial charge < -0.3 is 5.32 Å². The van der Waals surface area contributed by atoms with Crippen LogP contribution >= 0.6 is 0 Å². The third kappa shape index (κ3) is 1.89. The number of nitrogens with one attached hydrogen (secondary N) is 1. The lowest BCUT2D eigenvalue weighted by molar-refractivity contribution is 0.656. The molecule has 1 aliphatic rings. The van der Waals surface area contributed by atoms with Crippen molar-refractivity contribution in [2.75, 3.05) is 6.54 Å². The summed E-state index contributed by atoms with van der Waals surface area (Å²) in [6, 6.07) is 4.94. The first kappa shape index (κ1) is 8.70. The number of pyridine rings is 1. The van der Waals surface area contributed by atoms with Gasteiger partial charge in [0.15, 0.2) is 0 Å². The van der Waals surface area contributed by atoms with E-state index >= 15 is 0 Å². The van der Waals surface area contributed by atoms with E-state index in [0.717, 1.165) is 6.54 Å². The third-order valence-corrected chi connectivity index (χ3v) is 2.70. The van der Waals surface area contributed by atoms with Gasteiger partial charge in [0, 0.05) is 30.4 Å². The Morgan fingerprint density at radius 2 is 2.31 bits per heavy atom. The summed E-state index contributed by atoms with van der Waals surface area (Å²) in [7, 11) is 0. The zero-order valence-electron chi connectivity index (χ0n) is 8.25. The molecule has 0 aliphatic carbocycles. The minimum atomic E-state index is 0.621. The summed E-state index contributed by atoms with van der Waals surface area (Å²) in [6.45, 7) is 5.39. The van der Waals surface area contributed by atoms with Crippen molar-refractivity contribution in [2.45, 2.75) is 32.2 Å². The number of nitrogens with zero attached hydrogens (tertiary/aromatic N) is 1. The number of aromatic nitrogens is 1. The molecule has 2 heterocycles. The fourth-order valence-electron chi connectivity index (χ4n) is 1.88. The minimum Gasteiger partial charge on any atom is -0.314 e. The number of hydrogen-bond acceptors (Lipinski definition) is 2. The molecule has 13 heavy (non-hydrogen) atoms. The first-order valence-corrected chi connectivity index (χ1v) is 4.91. The lowest BCUT2D eigenvalue weighted by atomic mass is 10.0. The fourth-order valence-corrected chi connectivity index (χ4v) is 1.88. The van der Waals surface area contributed by atoms with Crippen LogP contribution in [-0.4, -0.2) is 17.6 Å². The van der Waals surface area contributed by atoms with Gasteiger partial charge in [-0.15, -0.1) is 0 Å². The highest BCUT2D eigenvalue weighted by molar-refractivity contribution is 5.17. The van der Waals surface area contributed by atoms with E-state index in [9.17, 15) is 0 Å². The molecule has 2 rings (SSSR count). The molecule has 0 aromatic carbocycles. The smallest absolute Gasteiger partial charge is 0.0448 e.